The standard InChI is InChI=1S/C28H36N8O2.C17H25N7O.C13H16O.2CH4/c37-28(32-23-14-20(15-23)18-4-2-1-3-5-18)31-22-8-6-21(7-9-22)30-27-29-12-10-25(34-27)33-26-16-24(35-36-26)19-11-13-38-17-19;18-12-1-3-13(4-2-12)20-17-19-7-5-15(22-17)21-16-9-14(23-24-16)11-6-8-25-10-11;1-10(14)7-11-8-13(9-11)12-5-3-2-4-6-12;;/h1-5,10,12,16,19-23H,6-9,11,13-15,17H2,(H2,31,32,37)(H3,29,30,33,34,35,36);5,7,9,11-13H,1-4,6,8,10,18H2,(H3,19,20,21,22,23,24);2-6,11,13H,7-9H2,1H3;2*1H4. The predicted octanol–water partition coefficient (Wildman–Crippen LogP) is 11.0. The number of rotatable bonds is 16. The Bertz CT molecular complexity index is 2760. The van der Waals surface area contributed by atoms with Crippen molar-refractivity contribution in [3.63, 3.8) is 0 Å². The Morgan fingerprint density at radius 3 is 1.48 bits per heavy atom. The number of aromatic amines is 2. The molecule has 10 N–H and O–H groups in total. The Morgan fingerprint density at radius 2 is 1.01 bits per heavy atom. The Balaban J connectivity index is 0.000000172. The molecule has 0 spiro atoms. The minimum Gasteiger partial charge on any atom is -0.381 e. The van der Waals surface area contributed by atoms with Crippen LogP contribution in [0.4, 0.5) is 40.0 Å². The highest BCUT2D eigenvalue weighted by molar-refractivity contribution is 5.76. The van der Waals surface area contributed by atoms with Gasteiger partial charge in [0.1, 0.15) is 17.4 Å². The number of nitrogens with zero attached hydrogens (tertiary/aromatic N) is 6. The molecular formula is C60H85N15O4. The molecule has 2 aliphatic heterocycles. The van der Waals surface area contributed by atoms with Crippen molar-refractivity contribution in [2.75, 3.05) is 47.7 Å². The summed E-state index contributed by atoms with van der Waals surface area (Å²) in [5.41, 5.74) is 11.0. The first-order chi connectivity index (χ1) is 37.7. The molecule has 4 aromatic heterocycles. The average Bonchev–Trinajstić information content (AvgIpc) is 4.35. The normalized spacial score (nSPS) is 25.8. The molecule has 2 saturated heterocycles. The van der Waals surface area contributed by atoms with Crippen molar-refractivity contribution in [3.05, 3.63) is 120 Å². The molecule has 6 aliphatic rings. The number of nitrogens with two attached hydrogens (primary N) is 1. The monoisotopic (exact) mass is 1080 g/mol. The maximum absolute atomic E-state index is 12.5. The predicted molar refractivity (Wildman–Crippen MR) is 312 cm³/mol. The third kappa shape index (κ3) is 17.0. The summed E-state index contributed by atoms with van der Waals surface area (Å²) in [7, 11) is 0. The minimum atomic E-state index is -0.0398. The first-order valence-corrected chi connectivity index (χ1v) is 28.1. The fourth-order valence-corrected chi connectivity index (χ4v) is 11.5. The van der Waals surface area contributed by atoms with Gasteiger partial charge in [-0.2, -0.15) is 20.2 Å². The molecule has 12 rings (SSSR count). The summed E-state index contributed by atoms with van der Waals surface area (Å²) < 4.78 is 10.9. The van der Waals surface area contributed by atoms with Crippen LogP contribution < -0.4 is 37.6 Å². The highest BCUT2D eigenvalue weighted by atomic mass is 16.5. The van der Waals surface area contributed by atoms with E-state index in [0.29, 0.717) is 65.2 Å². The van der Waals surface area contributed by atoms with E-state index >= 15 is 0 Å². The van der Waals surface area contributed by atoms with Crippen LogP contribution in [-0.4, -0.2) is 109 Å². The van der Waals surface area contributed by atoms with Crippen molar-refractivity contribution in [2.45, 2.75) is 172 Å². The number of hydrogen-bond acceptors (Lipinski definition) is 15. The lowest BCUT2D eigenvalue weighted by atomic mass is 9.70. The first kappa shape index (κ1) is 58.2. The highest BCUT2D eigenvalue weighted by Gasteiger charge is 2.33. The minimum absolute atomic E-state index is 0. The second-order valence-corrected chi connectivity index (χ2v) is 22.0. The molecule has 4 aliphatic carbocycles. The maximum Gasteiger partial charge on any atom is 0.315 e. The zero-order valence-electron chi connectivity index (χ0n) is 44.3. The van der Waals surface area contributed by atoms with E-state index < -0.39 is 0 Å². The third-order valence-corrected chi connectivity index (χ3v) is 16.1. The number of hydrogen-bond donors (Lipinski definition) is 9. The molecule has 2 aromatic carbocycles. The number of ketones is 1. The Labute approximate surface area is 466 Å². The summed E-state index contributed by atoms with van der Waals surface area (Å²) >= 11 is 0. The number of ether oxygens (including phenoxy) is 2. The number of anilines is 6. The summed E-state index contributed by atoms with van der Waals surface area (Å²) in [6.45, 7) is 4.81. The van der Waals surface area contributed by atoms with Gasteiger partial charge in [-0.05, 0) is 138 Å². The van der Waals surface area contributed by atoms with Crippen LogP contribution in [0.25, 0.3) is 0 Å². The topological polar surface area (TPSA) is 260 Å². The van der Waals surface area contributed by atoms with E-state index in [1.165, 1.54) is 24.0 Å². The van der Waals surface area contributed by atoms with Gasteiger partial charge in [-0.15, -0.1) is 0 Å². The summed E-state index contributed by atoms with van der Waals surface area (Å²) in [5.74, 6) is 7.19. The van der Waals surface area contributed by atoms with Crippen LogP contribution in [0.5, 0.6) is 0 Å². The van der Waals surface area contributed by atoms with Crippen molar-refractivity contribution in [2.24, 2.45) is 11.7 Å². The Morgan fingerprint density at radius 1 is 0.557 bits per heavy atom. The number of carbonyl (C=O) groups is 2. The third-order valence-electron chi connectivity index (χ3n) is 16.1. The second-order valence-electron chi connectivity index (χ2n) is 22.0. The number of aromatic nitrogens is 8. The van der Waals surface area contributed by atoms with E-state index in [2.05, 4.69) is 127 Å². The van der Waals surface area contributed by atoms with Crippen molar-refractivity contribution in [3.8, 4) is 0 Å². The number of Topliss-reactive ketones (excluding diaryl/α,β-unsaturated/α-hetero) is 1. The smallest absolute Gasteiger partial charge is 0.315 e. The lowest BCUT2D eigenvalue weighted by Crippen LogP contribution is -2.51. The zero-order chi connectivity index (χ0) is 52.8. The number of nitrogens with one attached hydrogen (secondary N) is 8. The number of urea groups is 1. The van der Waals surface area contributed by atoms with Crippen molar-refractivity contribution in [1.29, 1.82) is 0 Å². The fraction of sp³-hybridized carbons (Fsp3) is 0.533. The van der Waals surface area contributed by atoms with E-state index in [0.717, 1.165) is 139 Å². The number of carbonyl (C=O) groups excluding carboxylic acids is 2. The molecule has 6 heterocycles. The number of H-pyrrole nitrogens is 2. The van der Waals surface area contributed by atoms with Crippen LogP contribution in [-0.2, 0) is 14.3 Å². The molecular weight excluding hydrogens is 995 g/mol. The van der Waals surface area contributed by atoms with E-state index in [1.807, 2.05) is 30.3 Å². The van der Waals surface area contributed by atoms with Gasteiger partial charge in [0.05, 0.1) is 13.2 Å². The largest absolute Gasteiger partial charge is 0.381 e. The second kappa shape index (κ2) is 28.8. The molecule has 2 unspecified atom stereocenters. The van der Waals surface area contributed by atoms with Crippen LogP contribution in [0.15, 0.2) is 97.3 Å². The molecule has 19 heteroatoms. The van der Waals surface area contributed by atoms with Gasteiger partial charge in [0.15, 0.2) is 11.6 Å². The van der Waals surface area contributed by atoms with Crippen LogP contribution in [0.1, 0.15) is 164 Å². The van der Waals surface area contributed by atoms with Gasteiger partial charge in [-0.25, -0.2) is 14.8 Å². The summed E-state index contributed by atoms with van der Waals surface area (Å²) in [5, 5.41) is 34.6. The average molecular weight is 1080 g/mol. The van der Waals surface area contributed by atoms with Gasteiger partial charge >= 0.3 is 6.03 Å². The van der Waals surface area contributed by atoms with Gasteiger partial charge in [0.2, 0.25) is 11.9 Å². The quantitative estimate of drug-likeness (QED) is 0.0437. The van der Waals surface area contributed by atoms with Crippen molar-refractivity contribution in [1.82, 2.24) is 51.0 Å². The molecule has 0 radical (unpaired) electrons. The van der Waals surface area contributed by atoms with Gasteiger partial charge in [0.25, 0.3) is 0 Å². The molecule has 2 amide bonds. The lowest BCUT2D eigenvalue weighted by molar-refractivity contribution is -0.118. The molecule has 4 saturated carbocycles. The van der Waals surface area contributed by atoms with Gasteiger partial charge < -0.3 is 51.9 Å². The number of amides is 2. The van der Waals surface area contributed by atoms with Gasteiger partial charge in [0, 0.05) is 97.6 Å². The first-order valence-electron chi connectivity index (χ1n) is 28.1. The molecule has 79 heavy (non-hydrogen) atoms. The lowest BCUT2D eigenvalue weighted by Gasteiger charge is -2.37. The number of benzene rings is 2. The Kier molecular flexibility index (Phi) is 21.2. The van der Waals surface area contributed by atoms with Crippen molar-refractivity contribution >= 4 is 47.0 Å². The summed E-state index contributed by atoms with van der Waals surface area (Å²) in [6.07, 6.45) is 18.8. The highest BCUT2D eigenvalue weighted by Crippen LogP contribution is 2.43. The van der Waals surface area contributed by atoms with Crippen LogP contribution >= 0.6 is 0 Å². The fourth-order valence-electron chi connectivity index (χ4n) is 11.5. The van der Waals surface area contributed by atoms with Crippen LogP contribution in [0.3, 0.4) is 0 Å². The SMILES string of the molecule is C.C.CC(=O)CC1CC(c2ccccc2)C1.NC1CCC(Nc2nccc(Nc3cc(C4CCOC4)[nH]n3)n2)CC1.O=C(NC1CCC(Nc2nccc(Nc3cc(C4CCOC4)[nH]n3)n2)CC1)NC1CC(c2ccccc2)C1. The zero-order valence-corrected chi connectivity index (χ0v) is 44.3. The molecule has 424 valence electrons. The summed E-state index contributed by atoms with van der Waals surface area (Å²) in [6, 6.07) is 30.3. The van der Waals surface area contributed by atoms with E-state index in [9.17, 15) is 9.59 Å². The van der Waals surface area contributed by atoms with E-state index in [-0.39, 0.29) is 39.0 Å². The van der Waals surface area contributed by atoms with Crippen LogP contribution in [0, 0.1) is 5.92 Å². The molecule has 2 atom stereocenters. The Hall–Kier alpha value is -6.96. The van der Waals surface area contributed by atoms with E-state index in [4.69, 9.17) is 15.2 Å². The van der Waals surface area contributed by atoms with Crippen LogP contribution in [0.2, 0.25) is 0 Å². The summed E-state index contributed by atoms with van der Waals surface area (Å²) in [4.78, 5) is 41.3. The molecule has 0 bridgehead atoms. The molecule has 6 aromatic rings. The molecule has 6 fully saturated rings. The molecule has 19 nitrogen and oxygen atoms in total. The van der Waals surface area contributed by atoms with Gasteiger partial charge in [-0.1, -0.05) is 75.5 Å². The van der Waals surface area contributed by atoms with E-state index in [1.54, 1.807) is 19.3 Å². The maximum atomic E-state index is 12.5. The van der Waals surface area contributed by atoms with Crippen molar-refractivity contribution < 1.29 is 19.1 Å². The van der Waals surface area contributed by atoms with Gasteiger partial charge in [-0.3, -0.25) is 10.2 Å².